The fourth-order valence-electron chi connectivity index (χ4n) is 1.95. The van der Waals surface area contributed by atoms with Crippen molar-refractivity contribution in [3.05, 3.63) is 33.8 Å². The normalized spacial score (nSPS) is 18.0. The third-order valence-corrected chi connectivity index (χ3v) is 3.17. The van der Waals surface area contributed by atoms with E-state index in [1.807, 2.05) is 12.3 Å². The summed E-state index contributed by atoms with van der Waals surface area (Å²) in [5, 5.41) is 8.66. The molecule has 0 spiro atoms. The van der Waals surface area contributed by atoms with Gasteiger partial charge in [0.25, 0.3) is 0 Å². The van der Waals surface area contributed by atoms with Gasteiger partial charge in [-0.3, -0.25) is 0 Å². The van der Waals surface area contributed by atoms with Crippen LogP contribution in [0.25, 0.3) is 0 Å². The molecule has 0 saturated carbocycles. The average molecular weight is 263 g/mol. The number of nitrogens with zero attached hydrogens (tertiary/aromatic N) is 2. The lowest BCUT2D eigenvalue weighted by molar-refractivity contribution is 0.776. The number of halogens is 1. The lowest BCUT2D eigenvalue weighted by Gasteiger charge is -2.06. The Morgan fingerprint density at radius 3 is 2.87 bits per heavy atom. The quantitative estimate of drug-likeness (QED) is 0.521. The van der Waals surface area contributed by atoms with Crippen molar-refractivity contribution < 1.29 is 0 Å². The zero-order chi connectivity index (χ0) is 10.7. The van der Waals surface area contributed by atoms with Gasteiger partial charge in [0.15, 0.2) is 0 Å². The number of hydrogen-bond acceptors (Lipinski definition) is 2. The molecule has 0 unspecified atom stereocenters. The minimum absolute atomic E-state index is 0.914. The van der Waals surface area contributed by atoms with Gasteiger partial charge in [-0.15, -0.1) is 0 Å². The van der Waals surface area contributed by atoms with Crippen LogP contribution in [0.2, 0.25) is 0 Å². The second-order valence-electron chi connectivity index (χ2n) is 3.67. The smallest absolute Gasteiger partial charge is 0.178 e. The van der Waals surface area contributed by atoms with E-state index in [1.54, 1.807) is 0 Å². The monoisotopic (exact) mass is 262 g/mol. The summed E-state index contributed by atoms with van der Waals surface area (Å²) in [6, 6.07) is 6.24. The van der Waals surface area contributed by atoms with E-state index in [-0.39, 0.29) is 0 Å². The van der Waals surface area contributed by atoms with E-state index < -0.39 is 0 Å². The minimum atomic E-state index is 0.914. The van der Waals surface area contributed by atoms with Crippen molar-refractivity contribution in [2.45, 2.75) is 25.7 Å². The van der Waals surface area contributed by atoms with Crippen LogP contribution in [-0.2, 0) is 6.42 Å². The van der Waals surface area contributed by atoms with Gasteiger partial charge in [-0.25, -0.2) is 0 Å². The van der Waals surface area contributed by atoms with Crippen molar-refractivity contribution in [2.24, 2.45) is 4.99 Å². The fourth-order valence-corrected chi connectivity index (χ4v) is 2.32. The molecule has 1 aliphatic rings. The van der Waals surface area contributed by atoms with Gasteiger partial charge in [-0.2, -0.15) is 10.3 Å². The summed E-state index contributed by atoms with van der Waals surface area (Å²) in [6.07, 6.45) is 6.20. The molecule has 2 rings (SSSR count). The Morgan fingerprint density at radius 1 is 1.27 bits per heavy atom. The van der Waals surface area contributed by atoms with Crippen LogP contribution >= 0.6 is 15.9 Å². The largest absolute Gasteiger partial charge is 0.205 e. The topological polar surface area (TPSA) is 36.1 Å². The summed E-state index contributed by atoms with van der Waals surface area (Å²) < 4.78 is 1.05. The summed E-state index contributed by atoms with van der Waals surface area (Å²) in [5.41, 5.74) is 3.39. The van der Waals surface area contributed by atoms with Crippen molar-refractivity contribution in [1.82, 2.24) is 0 Å². The zero-order valence-corrected chi connectivity index (χ0v) is 9.92. The van der Waals surface area contributed by atoms with Crippen LogP contribution < -0.4 is 0 Å². The van der Waals surface area contributed by atoms with Crippen molar-refractivity contribution >= 4 is 21.6 Å². The first-order valence-electron chi connectivity index (χ1n) is 5.05. The molecule has 0 aliphatic heterocycles. The molecule has 3 heteroatoms. The van der Waals surface area contributed by atoms with Crippen LogP contribution in [0, 0.1) is 11.5 Å². The molecule has 0 saturated heterocycles. The molecular weight excluding hydrogens is 252 g/mol. The second kappa shape index (κ2) is 4.59. The predicted molar refractivity (Wildman–Crippen MR) is 63.8 cm³/mol. The Kier molecular flexibility index (Phi) is 3.17. The molecule has 76 valence electrons. The van der Waals surface area contributed by atoms with E-state index >= 15 is 0 Å². The lowest BCUT2D eigenvalue weighted by Crippen LogP contribution is -2.01. The van der Waals surface area contributed by atoms with Gasteiger partial charge >= 0.3 is 0 Å². The third-order valence-electron chi connectivity index (χ3n) is 2.68. The van der Waals surface area contributed by atoms with Gasteiger partial charge < -0.3 is 0 Å². The van der Waals surface area contributed by atoms with Gasteiger partial charge in [0.1, 0.15) is 0 Å². The summed E-state index contributed by atoms with van der Waals surface area (Å²) in [4.78, 5) is 3.93. The molecular formula is C12H11BrN2. The van der Waals surface area contributed by atoms with E-state index in [0.717, 1.165) is 35.0 Å². The van der Waals surface area contributed by atoms with Crippen LogP contribution in [0.5, 0.6) is 0 Å². The molecule has 0 aromatic heterocycles. The molecule has 2 nitrogen and oxygen atoms in total. The van der Waals surface area contributed by atoms with Crippen LogP contribution in [0.1, 0.15) is 30.4 Å². The minimum Gasteiger partial charge on any atom is -0.178 e. The maximum Gasteiger partial charge on any atom is 0.205 e. The first-order valence-corrected chi connectivity index (χ1v) is 5.85. The van der Waals surface area contributed by atoms with Crippen molar-refractivity contribution in [2.75, 3.05) is 0 Å². The molecule has 1 aromatic carbocycles. The molecule has 1 aromatic rings. The zero-order valence-electron chi connectivity index (χ0n) is 8.33. The Morgan fingerprint density at radius 2 is 2.07 bits per heavy atom. The highest BCUT2D eigenvalue weighted by Gasteiger charge is 2.13. The summed E-state index contributed by atoms with van der Waals surface area (Å²) in [5.74, 6) is 0. The first kappa shape index (κ1) is 10.4. The van der Waals surface area contributed by atoms with E-state index in [4.69, 9.17) is 5.26 Å². The number of aryl methyl sites for hydroxylation is 1. The number of benzene rings is 1. The number of aliphatic imine (C=N–C) groups is 1. The Hall–Kier alpha value is -1.14. The molecule has 15 heavy (non-hydrogen) atoms. The highest BCUT2D eigenvalue weighted by molar-refractivity contribution is 9.10. The van der Waals surface area contributed by atoms with Gasteiger partial charge in [-0.05, 0) is 43.4 Å². The maximum atomic E-state index is 8.66. The highest BCUT2D eigenvalue weighted by atomic mass is 79.9. The van der Waals surface area contributed by atoms with Gasteiger partial charge in [-0.1, -0.05) is 22.0 Å². The highest BCUT2D eigenvalue weighted by Crippen LogP contribution is 2.24. The number of rotatable bonds is 0. The van der Waals surface area contributed by atoms with Crippen molar-refractivity contribution in [1.29, 1.82) is 5.26 Å². The lowest BCUT2D eigenvalue weighted by atomic mass is 10.0. The van der Waals surface area contributed by atoms with Crippen LogP contribution in [0.3, 0.4) is 0 Å². The third kappa shape index (κ3) is 2.27. The number of fused-ring (bicyclic) bond motifs is 1. The van der Waals surface area contributed by atoms with Gasteiger partial charge in [0, 0.05) is 10.0 Å². The van der Waals surface area contributed by atoms with E-state index in [2.05, 4.69) is 33.1 Å². The van der Waals surface area contributed by atoms with E-state index in [9.17, 15) is 0 Å². The van der Waals surface area contributed by atoms with Gasteiger partial charge in [0.05, 0.1) is 5.71 Å². The van der Waals surface area contributed by atoms with Crippen LogP contribution in [0.15, 0.2) is 27.7 Å². The Labute approximate surface area is 97.8 Å². The molecule has 0 N–H and O–H groups in total. The number of nitriles is 1. The van der Waals surface area contributed by atoms with Crippen molar-refractivity contribution in [3.63, 3.8) is 0 Å². The fraction of sp³-hybridized carbons (Fsp3) is 0.333. The summed E-state index contributed by atoms with van der Waals surface area (Å²) >= 11 is 3.46. The molecule has 0 bridgehead atoms. The average Bonchev–Trinajstić information content (AvgIpc) is 2.42. The molecule has 0 radical (unpaired) electrons. The predicted octanol–water partition coefficient (Wildman–Crippen LogP) is 3.45. The standard InChI is InChI=1S/C12H11BrN2/c13-10-6-5-9-3-1-2-4-12(15-8-14)11(9)7-10/h5-7H,1-4H2. The van der Waals surface area contributed by atoms with Crippen LogP contribution in [0.4, 0.5) is 0 Å². The molecule has 0 amide bonds. The molecule has 0 heterocycles. The SMILES string of the molecule is N#CN=C1CCCCc2ccc(Br)cc21. The first-order chi connectivity index (χ1) is 7.31. The summed E-state index contributed by atoms with van der Waals surface area (Å²) in [7, 11) is 0. The second-order valence-corrected chi connectivity index (χ2v) is 4.58. The van der Waals surface area contributed by atoms with E-state index in [0.29, 0.717) is 0 Å². The Bertz CT molecular complexity index is 443. The maximum absolute atomic E-state index is 8.66. The number of hydrogen-bond donors (Lipinski definition) is 0. The molecule has 1 aliphatic carbocycles. The van der Waals surface area contributed by atoms with E-state index in [1.165, 1.54) is 12.0 Å². The van der Waals surface area contributed by atoms with Gasteiger partial charge in [0.2, 0.25) is 6.19 Å². The van der Waals surface area contributed by atoms with Crippen LogP contribution in [-0.4, -0.2) is 5.71 Å². The van der Waals surface area contributed by atoms with Crippen molar-refractivity contribution in [3.8, 4) is 6.19 Å². The molecule has 0 fully saturated rings. The Balaban J connectivity index is 2.53. The molecule has 0 atom stereocenters. The summed E-state index contributed by atoms with van der Waals surface area (Å²) in [6.45, 7) is 0.